The fraction of sp³-hybridized carbons (Fsp3) is 0.0588. The number of nitro benzene ring substituents is 1. The summed E-state index contributed by atoms with van der Waals surface area (Å²) < 4.78 is 5.39. The van der Waals surface area contributed by atoms with E-state index < -0.39 is 10.8 Å². The Morgan fingerprint density at radius 2 is 2.08 bits per heavy atom. The molecule has 0 unspecified atom stereocenters. The van der Waals surface area contributed by atoms with Crippen LogP contribution in [0.2, 0.25) is 0 Å². The molecule has 2 aromatic carbocycles. The number of benzene rings is 2. The molecule has 0 radical (unpaired) electrons. The van der Waals surface area contributed by atoms with Crippen LogP contribution in [0.4, 0.5) is 5.69 Å². The highest BCUT2D eigenvalue weighted by molar-refractivity contribution is 5.98. The van der Waals surface area contributed by atoms with Crippen LogP contribution < -0.4 is 10.2 Å². The van der Waals surface area contributed by atoms with E-state index in [2.05, 4.69) is 17.1 Å². The van der Waals surface area contributed by atoms with Gasteiger partial charge in [0.1, 0.15) is 17.9 Å². The van der Waals surface area contributed by atoms with Crippen molar-refractivity contribution in [2.75, 3.05) is 6.61 Å². The maximum Gasteiger partial charge on any atom is 0.282 e. The molecule has 7 nitrogen and oxygen atoms in total. The lowest BCUT2D eigenvalue weighted by atomic mass is 10.2. The van der Waals surface area contributed by atoms with E-state index in [1.807, 2.05) is 0 Å². The summed E-state index contributed by atoms with van der Waals surface area (Å²) in [5.74, 6) is -0.0125. The monoisotopic (exact) mass is 325 g/mol. The van der Waals surface area contributed by atoms with Gasteiger partial charge in [-0.05, 0) is 23.8 Å². The molecule has 1 N–H and O–H groups in total. The summed E-state index contributed by atoms with van der Waals surface area (Å²) in [6.45, 7) is 3.95. The molecule has 0 aliphatic rings. The van der Waals surface area contributed by atoms with Crippen molar-refractivity contribution in [1.29, 1.82) is 0 Å². The first kappa shape index (κ1) is 16.9. The van der Waals surface area contributed by atoms with Crippen molar-refractivity contribution in [3.8, 4) is 5.75 Å². The molecule has 7 heteroatoms. The Morgan fingerprint density at radius 3 is 2.83 bits per heavy atom. The molecular weight excluding hydrogens is 310 g/mol. The molecule has 0 aliphatic heterocycles. The third kappa shape index (κ3) is 4.51. The van der Waals surface area contributed by atoms with Gasteiger partial charge in [-0.3, -0.25) is 14.9 Å². The summed E-state index contributed by atoms with van der Waals surface area (Å²) in [4.78, 5) is 22.3. The molecule has 1 amide bonds. The van der Waals surface area contributed by atoms with Crippen molar-refractivity contribution in [3.63, 3.8) is 0 Å². The molecule has 0 atom stereocenters. The quantitative estimate of drug-likeness (QED) is 0.366. The lowest BCUT2D eigenvalue weighted by molar-refractivity contribution is -0.385. The fourth-order valence-corrected chi connectivity index (χ4v) is 1.89. The molecule has 0 saturated carbocycles. The van der Waals surface area contributed by atoms with Crippen LogP contribution >= 0.6 is 0 Å². The molecule has 24 heavy (non-hydrogen) atoms. The zero-order chi connectivity index (χ0) is 17.4. The molecule has 0 bridgehead atoms. The second-order valence-electron chi connectivity index (χ2n) is 4.65. The van der Waals surface area contributed by atoms with Crippen molar-refractivity contribution < 1.29 is 14.5 Å². The van der Waals surface area contributed by atoms with Crippen LogP contribution in [0, 0.1) is 10.1 Å². The van der Waals surface area contributed by atoms with Crippen LogP contribution in [0.5, 0.6) is 5.75 Å². The summed E-state index contributed by atoms with van der Waals surface area (Å²) in [5, 5.41) is 14.7. The highest BCUT2D eigenvalue weighted by atomic mass is 16.6. The van der Waals surface area contributed by atoms with E-state index in [-0.39, 0.29) is 11.3 Å². The number of rotatable bonds is 7. The second kappa shape index (κ2) is 8.23. The number of hydrogen-bond donors (Lipinski definition) is 1. The van der Waals surface area contributed by atoms with Gasteiger partial charge < -0.3 is 4.74 Å². The van der Waals surface area contributed by atoms with E-state index in [1.54, 1.807) is 36.4 Å². The van der Waals surface area contributed by atoms with Crippen LogP contribution in [0.25, 0.3) is 0 Å². The van der Waals surface area contributed by atoms with Crippen molar-refractivity contribution in [2.24, 2.45) is 5.10 Å². The zero-order valence-electron chi connectivity index (χ0n) is 12.7. The van der Waals surface area contributed by atoms with Gasteiger partial charge in [-0.15, -0.1) is 0 Å². The highest BCUT2D eigenvalue weighted by Gasteiger charge is 2.18. The Morgan fingerprint density at radius 1 is 1.29 bits per heavy atom. The number of nitro groups is 1. The molecule has 0 aliphatic carbocycles. The van der Waals surface area contributed by atoms with Gasteiger partial charge in [0.2, 0.25) is 0 Å². The Bertz CT molecular complexity index is 787. The third-order valence-electron chi connectivity index (χ3n) is 2.95. The van der Waals surface area contributed by atoms with Crippen molar-refractivity contribution in [1.82, 2.24) is 5.43 Å². The van der Waals surface area contributed by atoms with Gasteiger partial charge in [-0.2, -0.15) is 5.10 Å². The largest absolute Gasteiger partial charge is 0.490 e. The molecule has 0 spiro atoms. The number of nitrogens with one attached hydrogen (secondary N) is 1. The first-order chi connectivity index (χ1) is 11.6. The molecule has 0 fully saturated rings. The SMILES string of the molecule is C=CCOc1cccc(/C=N\NC(=O)c2ccccc2[N+](=O)[O-])c1. The number of ether oxygens (including phenoxy) is 1. The van der Waals surface area contributed by atoms with Crippen LogP contribution in [0.15, 0.2) is 66.3 Å². The zero-order valence-corrected chi connectivity index (χ0v) is 12.7. The number of nitrogens with zero attached hydrogens (tertiary/aromatic N) is 2. The fourth-order valence-electron chi connectivity index (χ4n) is 1.89. The molecule has 122 valence electrons. The summed E-state index contributed by atoms with van der Waals surface area (Å²) in [7, 11) is 0. The number of hydrogen-bond acceptors (Lipinski definition) is 5. The molecule has 0 heterocycles. The van der Waals surface area contributed by atoms with Gasteiger partial charge in [0.25, 0.3) is 11.6 Å². The van der Waals surface area contributed by atoms with Gasteiger partial charge in [-0.25, -0.2) is 5.43 Å². The standard InChI is InChI=1S/C17H15N3O4/c1-2-10-24-14-7-5-6-13(11-14)12-18-19-17(21)15-8-3-4-9-16(15)20(22)23/h2-9,11-12H,1,10H2,(H,19,21)/b18-12-. The minimum absolute atomic E-state index is 0.0530. The number of hydrazone groups is 1. The first-order valence-corrected chi connectivity index (χ1v) is 7.02. The Labute approximate surface area is 138 Å². The maximum atomic E-state index is 12.0. The van der Waals surface area contributed by atoms with E-state index in [0.29, 0.717) is 17.9 Å². The lowest BCUT2D eigenvalue weighted by Gasteiger charge is -2.03. The first-order valence-electron chi connectivity index (χ1n) is 7.02. The summed E-state index contributed by atoms with van der Waals surface area (Å²) in [6, 6.07) is 12.8. The predicted octanol–water partition coefficient (Wildman–Crippen LogP) is 2.92. The predicted molar refractivity (Wildman–Crippen MR) is 90.3 cm³/mol. The Hall–Kier alpha value is -3.48. The average molecular weight is 325 g/mol. The molecular formula is C17H15N3O4. The van der Waals surface area contributed by atoms with Crippen molar-refractivity contribution >= 4 is 17.8 Å². The average Bonchev–Trinajstić information content (AvgIpc) is 2.60. The number of para-hydroxylation sites is 1. The van der Waals surface area contributed by atoms with Gasteiger partial charge >= 0.3 is 0 Å². The normalized spacial score (nSPS) is 10.3. The van der Waals surface area contributed by atoms with Crippen LogP contribution in [0.1, 0.15) is 15.9 Å². The van der Waals surface area contributed by atoms with Crippen LogP contribution in [0.3, 0.4) is 0 Å². The van der Waals surface area contributed by atoms with Crippen molar-refractivity contribution in [3.05, 3.63) is 82.4 Å². The minimum Gasteiger partial charge on any atom is -0.490 e. The van der Waals surface area contributed by atoms with Crippen molar-refractivity contribution in [2.45, 2.75) is 0 Å². The van der Waals surface area contributed by atoms with E-state index in [4.69, 9.17) is 4.74 Å². The molecule has 2 rings (SSSR count). The Balaban J connectivity index is 2.05. The third-order valence-corrected chi connectivity index (χ3v) is 2.95. The molecule has 0 aromatic heterocycles. The number of carbonyl (C=O) groups excluding carboxylic acids is 1. The topological polar surface area (TPSA) is 93.8 Å². The maximum absolute atomic E-state index is 12.0. The molecule has 0 saturated heterocycles. The number of carbonyl (C=O) groups is 1. The lowest BCUT2D eigenvalue weighted by Crippen LogP contribution is -2.18. The Kier molecular flexibility index (Phi) is 5.79. The minimum atomic E-state index is -0.655. The van der Waals surface area contributed by atoms with E-state index >= 15 is 0 Å². The highest BCUT2D eigenvalue weighted by Crippen LogP contribution is 2.17. The van der Waals surface area contributed by atoms with Crippen LogP contribution in [-0.2, 0) is 0 Å². The number of amides is 1. The summed E-state index contributed by atoms with van der Waals surface area (Å²) in [5.41, 5.74) is 2.66. The van der Waals surface area contributed by atoms with Gasteiger partial charge in [-0.1, -0.05) is 36.9 Å². The van der Waals surface area contributed by atoms with E-state index in [1.165, 1.54) is 24.4 Å². The van der Waals surface area contributed by atoms with E-state index in [9.17, 15) is 14.9 Å². The van der Waals surface area contributed by atoms with E-state index in [0.717, 1.165) is 0 Å². The second-order valence-corrected chi connectivity index (χ2v) is 4.65. The smallest absolute Gasteiger partial charge is 0.282 e. The summed E-state index contributed by atoms with van der Waals surface area (Å²) >= 11 is 0. The van der Waals surface area contributed by atoms with Gasteiger partial charge in [0.15, 0.2) is 0 Å². The molecule has 2 aromatic rings. The van der Waals surface area contributed by atoms with Gasteiger partial charge in [0, 0.05) is 6.07 Å². The van der Waals surface area contributed by atoms with Gasteiger partial charge in [0.05, 0.1) is 11.1 Å². The van der Waals surface area contributed by atoms with Crippen LogP contribution in [-0.4, -0.2) is 23.7 Å². The summed E-state index contributed by atoms with van der Waals surface area (Å²) in [6.07, 6.45) is 3.06.